The SMILES string of the molecule is Nc1ncccc1CC(=O)c1ccncn1. The molecule has 80 valence electrons. The Labute approximate surface area is 92.4 Å². The Morgan fingerprint density at radius 1 is 1.25 bits per heavy atom. The second-order valence-corrected chi connectivity index (χ2v) is 3.24. The number of hydrogen-bond donors (Lipinski definition) is 1. The van der Waals surface area contributed by atoms with Gasteiger partial charge in [0.05, 0.1) is 0 Å². The van der Waals surface area contributed by atoms with E-state index in [4.69, 9.17) is 5.73 Å². The molecule has 0 atom stereocenters. The Kier molecular flexibility index (Phi) is 2.86. The summed E-state index contributed by atoms with van der Waals surface area (Å²) in [6, 6.07) is 5.11. The van der Waals surface area contributed by atoms with Gasteiger partial charge in [-0.15, -0.1) is 0 Å². The maximum Gasteiger partial charge on any atom is 0.185 e. The maximum atomic E-state index is 11.8. The largest absolute Gasteiger partial charge is 0.383 e. The minimum Gasteiger partial charge on any atom is -0.383 e. The Morgan fingerprint density at radius 2 is 2.12 bits per heavy atom. The number of Topliss-reactive ketones (excluding diaryl/α,β-unsaturated/α-hetero) is 1. The molecule has 0 radical (unpaired) electrons. The number of nitrogens with two attached hydrogens (primary N) is 1. The van der Waals surface area contributed by atoms with Gasteiger partial charge < -0.3 is 5.73 Å². The van der Waals surface area contributed by atoms with Crippen LogP contribution in [-0.4, -0.2) is 20.7 Å². The van der Waals surface area contributed by atoms with Crippen molar-refractivity contribution in [1.29, 1.82) is 0 Å². The minimum absolute atomic E-state index is 0.0953. The summed E-state index contributed by atoms with van der Waals surface area (Å²) in [4.78, 5) is 23.3. The summed E-state index contributed by atoms with van der Waals surface area (Å²) >= 11 is 0. The highest BCUT2D eigenvalue weighted by Gasteiger charge is 2.10. The van der Waals surface area contributed by atoms with Crippen molar-refractivity contribution >= 4 is 11.6 Å². The number of carbonyl (C=O) groups is 1. The van der Waals surface area contributed by atoms with Crippen LogP contribution in [0.2, 0.25) is 0 Å². The molecule has 2 aromatic rings. The van der Waals surface area contributed by atoms with Crippen LogP contribution in [0.25, 0.3) is 0 Å². The van der Waals surface area contributed by atoms with Crippen LogP contribution in [0.1, 0.15) is 16.1 Å². The number of carbonyl (C=O) groups excluding carboxylic acids is 1. The van der Waals surface area contributed by atoms with Gasteiger partial charge in [0.1, 0.15) is 17.8 Å². The minimum atomic E-state index is -0.0953. The number of anilines is 1. The fourth-order valence-corrected chi connectivity index (χ4v) is 1.32. The molecule has 2 N–H and O–H groups in total. The number of ketones is 1. The van der Waals surface area contributed by atoms with Crippen molar-refractivity contribution in [3.63, 3.8) is 0 Å². The lowest BCUT2D eigenvalue weighted by Gasteiger charge is -2.02. The molecule has 0 aliphatic rings. The summed E-state index contributed by atoms with van der Waals surface area (Å²) in [7, 11) is 0. The van der Waals surface area contributed by atoms with E-state index in [2.05, 4.69) is 15.0 Å². The summed E-state index contributed by atoms with van der Waals surface area (Å²) in [5, 5.41) is 0. The zero-order valence-corrected chi connectivity index (χ0v) is 8.50. The van der Waals surface area contributed by atoms with Gasteiger partial charge in [0.15, 0.2) is 5.78 Å². The molecule has 0 saturated carbocycles. The maximum absolute atomic E-state index is 11.8. The molecule has 0 saturated heterocycles. The van der Waals surface area contributed by atoms with Crippen molar-refractivity contribution in [1.82, 2.24) is 15.0 Å². The van der Waals surface area contributed by atoms with E-state index in [9.17, 15) is 4.79 Å². The molecule has 2 heterocycles. The number of nitrogen functional groups attached to an aromatic ring is 1. The average molecular weight is 214 g/mol. The molecule has 5 heteroatoms. The van der Waals surface area contributed by atoms with Gasteiger partial charge >= 0.3 is 0 Å². The van der Waals surface area contributed by atoms with Crippen LogP contribution >= 0.6 is 0 Å². The van der Waals surface area contributed by atoms with E-state index in [1.54, 1.807) is 24.4 Å². The summed E-state index contributed by atoms with van der Waals surface area (Å²) in [5.74, 6) is 0.284. The molecule has 0 fully saturated rings. The van der Waals surface area contributed by atoms with E-state index in [1.165, 1.54) is 12.5 Å². The lowest BCUT2D eigenvalue weighted by atomic mass is 10.1. The molecule has 0 bridgehead atoms. The third kappa shape index (κ3) is 2.20. The summed E-state index contributed by atoms with van der Waals surface area (Å²) in [6.07, 6.45) is 4.68. The van der Waals surface area contributed by atoms with Crippen LogP contribution in [-0.2, 0) is 6.42 Å². The number of rotatable bonds is 3. The van der Waals surface area contributed by atoms with Gasteiger partial charge in [-0.1, -0.05) is 6.07 Å². The second kappa shape index (κ2) is 4.48. The first-order valence-corrected chi connectivity index (χ1v) is 4.76. The second-order valence-electron chi connectivity index (χ2n) is 3.24. The predicted octanol–water partition coefficient (Wildman–Crippen LogP) is 0.879. The topological polar surface area (TPSA) is 81.8 Å². The van der Waals surface area contributed by atoms with E-state index in [1.807, 2.05) is 0 Å². The third-order valence-corrected chi connectivity index (χ3v) is 2.14. The van der Waals surface area contributed by atoms with Crippen LogP contribution in [0.3, 0.4) is 0 Å². The Morgan fingerprint density at radius 3 is 2.81 bits per heavy atom. The lowest BCUT2D eigenvalue weighted by Crippen LogP contribution is -2.08. The highest BCUT2D eigenvalue weighted by Crippen LogP contribution is 2.10. The molecule has 2 rings (SSSR count). The monoisotopic (exact) mass is 214 g/mol. The zero-order chi connectivity index (χ0) is 11.4. The average Bonchev–Trinajstić information content (AvgIpc) is 2.33. The molecule has 0 unspecified atom stereocenters. The quantitative estimate of drug-likeness (QED) is 0.767. The first kappa shape index (κ1) is 10.2. The number of nitrogens with zero attached hydrogens (tertiary/aromatic N) is 3. The van der Waals surface area contributed by atoms with Gasteiger partial charge in [0.2, 0.25) is 0 Å². The van der Waals surface area contributed by atoms with Gasteiger partial charge in [-0.2, -0.15) is 0 Å². The van der Waals surface area contributed by atoms with E-state index >= 15 is 0 Å². The number of hydrogen-bond acceptors (Lipinski definition) is 5. The van der Waals surface area contributed by atoms with Gasteiger partial charge in [-0.05, 0) is 12.1 Å². The fourth-order valence-electron chi connectivity index (χ4n) is 1.32. The van der Waals surface area contributed by atoms with Crippen molar-refractivity contribution in [3.8, 4) is 0 Å². The molecule has 0 spiro atoms. The van der Waals surface area contributed by atoms with Crippen LogP contribution in [0, 0.1) is 0 Å². The van der Waals surface area contributed by atoms with Crippen molar-refractivity contribution in [3.05, 3.63) is 48.2 Å². The third-order valence-electron chi connectivity index (χ3n) is 2.14. The Bertz CT molecular complexity index is 498. The number of pyridine rings is 1. The summed E-state index contributed by atoms with van der Waals surface area (Å²) in [6.45, 7) is 0. The van der Waals surface area contributed by atoms with Crippen LogP contribution in [0.4, 0.5) is 5.82 Å². The smallest absolute Gasteiger partial charge is 0.185 e. The molecule has 5 nitrogen and oxygen atoms in total. The Hall–Kier alpha value is -2.30. The summed E-state index contributed by atoms with van der Waals surface area (Å²) < 4.78 is 0. The van der Waals surface area contributed by atoms with Gasteiger partial charge in [-0.25, -0.2) is 15.0 Å². The molecule has 2 aromatic heterocycles. The van der Waals surface area contributed by atoms with Crippen molar-refractivity contribution < 1.29 is 4.79 Å². The highest BCUT2D eigenvalue weighted by atomic mass is 16.1. The normalized spacial score (nSPS) is 10.0. The van der Waals surface area contributed by atoms with E-state index in [-0.39, 0.29) is 12.2 Å². The van der Waals surface area contributed by atoms with Crippen molar-refractivity contribution in [2.45, 2.75) is 6.42 Å². The molecule has 0 aromatic carbocycles. The van der Waals surface area contributed by atoms with E-state index in [0.717, 1.165) is 0 Å². The molecule has 0 amide bonds. The van der Waals surface area contributed by atoms with Crippen LogP contribution in [0.5, 0.6) is 0 Å². The van der Waals surface area contributed by atoms with Crippen LogP contribution in [0.15, 0.2) is 36.9 Å². The Balaban J connectivity index is 2.18. The highest BCUT2D eigenvalue weighted by molar-refractivity contribution is 5.96. The van der Waals surface area contributed by atoms with Gasteiger partial charge in [0, 0.05) is 24.4 Å². The molecular weight excluding hydrogens is 204 g/mol. The van der Waals surface area contributed by atoms with Crippen molar-refractivity contribution in [2.24, 2.45) is 0 Å². The molecule has 0 aliphatic carbocycles. The predicted molar refractivity (Wildman–Crippen MR) is 58.7 cm³/mol. The first-order chi connectivity index (χ1) is 7.77. The number of aromatic nitrogens is 3. The summed E-state index contributed by atoms with van der Waals surface area (Å²) in [5.41, 5.74) is 6.75. The van der Waals surface area contributed by atoms with Crippen LogP contribution < -0.4 is 5.73 Å². The first-order valence-electron chi connectivity index (χ1n) is 4.76. The van der Waals surface area contributed by atoms with E-state index in [0.29, 0.717) is 17.1 Å². The zero-order valence-electron chi connectivity index (χ0n) is 8.50. The van der Waals surface area contributed by atoms with E-state index < -0.39 is 0 Å². The van der Waals surface area contributed by atoms with Crippen molar-refractivity contribution in [2.75, 3.05) is 5.73 Å². The standard InChI is InChI=1S/C11H10N4O/c12-11-8(2-1-4-14-11)6-10(16)9-3-5-13-7-15-9/h1-5,7H,6H2,(H2,12,14). The molecule has 16 heavy (non-hydrogen) atoms. The molecular formula is C11H10N4O. The molecule has 0 aliphatic heterocycles. The van der Waals surface area contributed by atoms with Gasteiger partial charge in [-0.3, -0.25) is 4.79 Å². The van der Waals surface area contributed by atoms with Gasteiger partial charge in [0.25, 0.3) is 0 Å². The lowest BCUT2D eigenvalue weighted by molar-refractivity contribution is 0.0988. The fraction of sp³-hybridized carbons (Fsp3) is 0.0909.